The van der Waals surface area contributed by atoms with Gasteiger partial charge in [-0.1, -0.05) is 13.3 Å². The summed E-state index contributed by atoms with van der Waals surface area (Å²) in [5.74, 6) is 0. The maximum absolute atomic E-state index is 11.4. The first-order valence-electron chi connectivity index (χ1n) is 5.80. The summed E-state index contributed by atoms with van der Waals surface area (Å²) in [6, 6.07) is 0. The highest BCUT2D eigenvalue weighted by Crippen LogP contribution is 2.13. The quantitative estimate of drug-likeness (QED) is 0.619. The van der Waals surface area contributed by atoms with Crippen LogP contribution in [-0.4, -0.2) is 57.1 Å². The second-order valence-electron chi connectivity index (χ2n) is 3.86. The summed E-state index contributed by atoms with van der Waals surface area (Å²) in [4.78, 5) is 13.1. The summed E-state index contributed by atoms with van der Waals surface area (Å²) in [5.41, 5.74) is 0. The summed E-state index contributed by atoms with van der Waals surface area (Å²) in [6.07, 6.45) is 1.89. The summed E-state index contributed by atoms with van der Waals surface area (Å²) in [5, 5.41) is 0. The van der Waals surface area contributed by atoms with Gasteiger partial charge in [-0.05, 0) is 6.42 Å². The standard InChI is InChI=1S/C11H21NO4/c1-3-4-5-16-11(13)12-8-10(9-12)15-7-6-14-2/h10H,3-9H2,1-2H3. The summed E-state index contributed by atoms with van der Waals surface area (Å²) in [6.45, 7) is 5.03. The topological polar surface area (TPSA) is 48.0 Å². The van der Waals surface area contributed by atoms with Gasteiger partial charge in [0, 0.05) is 7.11 Å². The highest BCUT2D eigenvalue weighted by molar-refractivity contribution is 5.68. The van der Waals surface area contributed by atoms with Crippen LogP contribution in [0.2, 0.25) is 0 Å². The number of amides is 1. The fourth-order valence-corrected chi connectivity index (χ4v) is 1.39. The number of likely N-dealkylation sites (tertiary alicyclic amines) is 1. The zero-order valence-corrected chi connectivity index (χ0v) is 10.1. The lowest BCUT2D eigenvalue weighted by atomic mass is 10.2. The van der Waals surface area contributed by atoms with Crippen molar-refractivity contribution in [2.24, 2.45) is 0 Å². The Labute approximate surface area is 96.6 Å². The van der Waals surface area contributed by atoms with E-state index < -0.39 is 0 Å². The van der Waals surface area contributed by atoms with Crippen molar-refractivity contribution in [2.75, 3.05) is 40.0 Å². The van der Waals surface area contributed by atoms with E-state index in [2.05, 4.69) is 6.92 Å². The zero-order valence-electron chi connectivity index (χ0n) is 10.1. The lowest BCUT2D eigenvalue weighted by Gasteiger charge is -2.37. The molecule has 1 heterocycles. The van der Waals surface area contributed by atoms with Crippen LogP contribution in [0.25, 0.3) is 0 Å². The third-order valence-electron chi connectivity index (χ3n) is 2.47. The van der Waals surface area contributed by atoms with Gasteiger partial charge in [-0.3, -0.25) is 0 Å². The Bertz CT molecular complexity index is 204. The van der Waals surface area contributed by atoms with Crippen molar-refractivity contribution in [1.82, 2.24) is 4.90 Å². The average molecular weight is 231 g/mol. The van der Waals surface area contributed by atoms with E-state index in [1.807, 2.05) is 0 Å². The fraction of sp³-hybridized carbons (Fsp3) is 0.909. The van der Waals surface area contributed by atoms with E-state index >= 15 is 0 Å². The zero-order chi connectivity index (χ0) is 11.8. The molecule has 0 aromatic rings. The molecule has 0 bridgehead atoms. The van der Waals surface area contributed by atoms with E-state index in [1.165, 1.54) is 0 Å². The van der Waals surface area contributed by atoms with Gasteiger partial charge in [0.15, 0.2) is 0 Å². The van der Waals surface area contributed by atoms with E-state index in [9.17, 15) is 4.79 Å². The van der Waals surface area contributed by atoms with Crippen molar-refractivity contribution >= 4 is 6.09 Å². The van der Waals surface area contributed by atoms with Gasteiger partial charge in [0.2, 0.25) is 0 Å². The molecule has 1 rings (SSSR count). The van der Waals surface area contributed by atoms with Gasteiger partial charge in [0.1, 0.15) is 0 Å². The molecule has 0 aromatic heterocycles. The van der Waals surface area contributed by atoms with Gasteiger partial charge in [0.25, 0.3) is 0 Å². The number of carbonyl (C=O) groups is 1. The van der Waals surface area contributed by atoms with Crippen LogP contribution in [0.1, 0.15) is 19.8 Å². The number of hydrogen-bond donors (Lipinski definition) is 0. The average Bonchev–Trinajstić information content (AvgIpc) is 2.21. The fourth-order valence-electron chi connectivity index (χ4n) is 1.39. The molecule has 0 aliphatic carbocycles. The van der Waals surface area contributed by atoms with Gasteiger partial charge >= 0.3 is 6.09 Å². The van der Waals surface area contributed by atoms with Crippen LogP contribution in [0.3, 0.4) is 0 Å². The van der Waals surface area contributed by atoms with Crippen LogP contribution in [0.5, 0.6) is 0 Å². The molecule has 1 aliphatic heterocycles. The number of ether oxygens (including phenoxy) is 3. The second kappa shape index (κ2) is 7.46. The SMILES string of the molecule is CCCCOC(=O)N1CC(OCCOC)C1. The summed E-state index contributed by atoms with van der Waals surface area (Å²) < 4.78 is 15.4. The lowest BCUT2D eigenvalue weighted by Crippen LogP contribution is -2.55. The molecule has 0 aromatic carbocycles. The molecule has 0 atom stereocenters. The van der Waals surface area contributed by atoms with Crippen molar-refractivity contribution in [3.05, 3.63) is 0 Å². The number of hydrogen-bond acceptors (Lipinski definition) is 4. The highest BCUT2D eigenvalue weighted by atomic mass is 16.6. The van der Waals surface area contributed by atoms with Crippen molar-refractivity contribution in [3.63, 3.8) is 0 Å². The van der Waals surface area contributed by atoms with Gasteiger partial charge < -0.3 is 19.1 Å². The molecule has 0 N–H and O–H groups in total. The number of rotatable bonds is 7. The summed E-state index contributed by atoms with van der Waals surface area (Å²) in [7, 11) is 1.64. The van der Waals surface area contributed by atoms with Crippen molar-refractivity contribution in [2.45, 2.75) is 25.9 Å². The number of methoxy groups -OCH3 is 1. The van der Waals surface area contributed by atoms with Crippen LogP contribution in [0, 0.1) is 0 Å². The predicted molar refractivity (Wildman–Crippen MR) is 59.4 cm³/mol. The monoisotopic (exact) mass is 231 g/mol. The minimum atomic E-state index is -0.222. The van der Waals surface area contributed by atoms with Gasteiger partial charge in [-0.2, -0.15) is 0 Å². The largest absolute Gasteiger partial charge is 0.449 e. The Kier molecular flexibility index (Phi) is 6.18. The molecule has 0 radical (unpaired) electrons. The smallest absolute Gasteiger partial charge is 0.409 e. The number of carbonyl (C=O) groups excluding carboxylic acids is 1. The molecular formula is C11H21NO4. The first kappa shape index (κ1) is 13.3. The van der Waals surface area contributed by atoms with Crippen LogP contribution in [0.4, 0.5) is 4.79 Å². The van der Waals surface area contributed by atoms with E-state index in [0.717, 1.165) is 12.8 Å². The van der Waals surface area contributed by atoms with E-state index in [0.29, 0.717) is 32.9 Å². The molecule has 5 nitrogen and oxygen atoms in total. The Morgan fingerprint density at radius 3 is 2.69 bits per heavy atom. The molecule has 1 amide bonds. The molecule has 0 spiro atoms. The Balaban J connectivity index is 1.99. The molecule has 94 valence electrons. The number of nitrogens with zero attached hydrogens (tertiary/aromatic N) is 1. The Morgan fingerprint density at radius 1 is 1.31 bits per heavy atom. The second-order valence-corrected chi connectivity index (χ2v) is 3.86. The van der Waals surface area contributed by atoms with Crippen molar-refractivity contribution in [1.29, 1.82) is 0 Å². The Morgan fingerprint density at radius 2 is 2.06 bits per heavy atom. The third kappa shape index (κ3) is 4.37. The molecule has 1 saturated heterocycles. The normalized spacial score (nSPS) is 16.0. The molecule has 0 unspecified atom stereocenters. The maximum Gasteiger partial charge on any atom is 0.409 e. The molecule has 5 heteroatoms. The molecular weight excluding hydrogens is 210 g/mol. The Hall–Kier alpha value is -0.810. The molecule has 0 saturated carbocycles. The predicted octanol–water partition coefficient (Wildman–Crippen LogP) is 1.27. The minimum Gasteiger partial charge on any atom is -0.449 e. The van der Waals surface area contributed by atoms with Gasteiger partial charge in [-0.15, -0.1) is 0 Å². The van der Waals surface area contributed by atoms with Crippen LogP contribution < -0.4 is 0 Å². The van der Waals surface area contributed by atoms with E-state index in [4.69, 9.17) is 14.2 Å². The van der Waals surface area contributed by atoms with Crippen molar-refractivity contribution < 1.29 is 19.0 Å². The van der Waals surface area contributed by atoms with E-state index in [-0.39, 0.29) is 12.2 Å². The minimum absolute atomic E-state index is 0.147. The van der Waals surface area contributed by atoms with Crippen LogP contribution >= 0.6 is 0 Å². The molecule has 16 heavy (non-hydrogen) atoms. The van der Waals surface area contributed by atoms with Gasteiger partial charge in [-0.25, -0.2) is 4.79 Å². The molecule has 1 fully saturated rings. The first-order chi connectivity index (χ1) is 7.77. The summed E-state index contributed by atoms with van der Waals surface area (Å²) >= 11 is 0. The maximum atomic E-state index is 11.4. The first-order valence-corrected chi connectivity index (χ1v) is 5.80. The highest BCUT2D eigenvalue weighted by Gasteiger charge is 2.32. The van der Waals surface area contributed by atoms with Crippen LogP contribution in [0.15, 0.2) is 0 Å². The van der Waals surface area contributed by atoms with Crippen LogP contribution in [-0.2, 0) is 14.2 Å². The lowest BCUT2D eigenvalue weighted by molar-refractivity contribution is -0.0617. The van der Waals surface area contributed by atoms with Crippen molar-refractivity contribution in [3.8, 4) is 0 Å². The third-order valence-corrected chi connectivity index (χ3v) is 2.47. The van der Waals surface area contributed by atoms with E-state index in [1.54, 1.807) is 12.0 Å². The van der Waals surface area contributed by atoms with Gasteiger partial charge in [0.05, 0.1) is 39.0 Å². The molecule has 1 aliphatic rings. The number of unbranched alkanes of at least 4 members (excludes halogenated alkanes) is 1.